The van der Waals surface area contributed by atoms with Crippen LogP contribution in [0.1, 0.15) is 53.4 Å². The van der Waals surface area contributed by atoms with Crippen molar-refractivity contribution in [2.45, 2.75) is 65.7 Å². The van der Waals surface area contributed by atoms with Gasteiger partial charge in [-0.3, -0.25) is 9.28 Å². The molecule has 0 aliphatic carbocycles. The van der Waals surface area contributed by atoms with E-state index in [4.69, 9.17) is 0 Å². The van der Waals surface area contributed by atoms with Gasteiger partial charge in [0.25, 0.3) is 0 Å². The molecule has 2 N–H and O–H groups in total. The average molecular weight is 280 g/mol. The van der Waals surface area contributed by atoms with Gasteiger partial charge in [0.1, 0.15) is 6.20 Å². The van der Waals surface area contributed by atoms with Gasteiger partial charge in [-0.2, -0.15) is 0 Å². The minimum absolute atomic E-state index is 0.0226. The topological polar surface area (TPSA) is 41.1 Å². The molecular formula is C16H30N3O+. The monoisotopic (exact) mass is 280 g/mol. The number of carbonyl (C=O) groups is 1. The standard InChI is InChI=1S/C16H29N3O/c1-5-7-8-9-10-11-16-17-12-13-19(16,6-2)14(3)18-15(4)20/h10-14,16-17H,5-9H2,1-4H3/p+1/b11-10+. The Labute approximate surface area is 123 Å². The van der Waals surface area contributed by atoms with E-state index in [1.165, 1.54) is 19.3 Å². The van der Waals surface area contributed by atoms with E-state index in [0.717, 1.165) is 17.4 Å². The predicted molar refractivity (Wildman–Crippen MR) is 83.4 cm³/mol. The third-order valence-corrected chi connectivity index (χ3v) is 4.11. The van der Waals surface area contributed by atoms with Crippen LogP contribution >= 0.6 is 0 Å². The molecule has 20 heavy (non-hydrogen) atoms. The Bertz CT molecular complexity index is 365. The molecule has 3 unspecified atom stereocenters. The van der Waals surface area contributed by atoms with Crippen molar-refractivity contribution in [1.82, 2.24) is 10.6 Å². The Kier molecular flexibility index (Phi) is 6.79. The second-order valence-electron chi connectivity index (χ2n) is 5.54. The first-order valence-corrected chi connectivity index (χ1v) is 7.81. The van der Waals surface area contributed by atoms with E-state index in [1.807, 2.05) is 6.20 Å². The van der Waals surface area contributed by atoms with Crippen LogP contribution in [0, 0.1) is 0 Å². The van der Waals surface area contributed by atoms with Crippen LogP contribution in [0.15, 0.2) is 24.6 Å². The third kappa shape index (κ3) is 4.10. The maximum atomic E-state index is 11.3. The van der Waals surface area contributed by atoms with E-state index in [0.29, 0.717) is 0 Å². The largest absolute Gasteiger partial charge is 0.334 e. The van der Waals surface area contributed by atoms with Crippen molar-refractivity contribution < 1.29 is 9.28 Å². The zero-order chi connectivity index (χ0) is 15.0. The van der Waals surface area contributed by atoms with Crippen LogP contribution in [0.5, 0.6) is 0 Å². The van der Waals surface area contributed by atoms with Gasteiger partial charge in [0, 0.05) is 13.8 Å². The summed E-state index contributed by atoms with van der Waals surface area (Å²) in [6.45, 7) is 8.97. The summed E-state index contributed by atoms with van der Waals surface area (Å²) in [5.41, 5.74) is 0. The molecule has 0 saturated heterocycles. The van der Waals surface area contributed by atoms with Gasteiger partial charge >= 0.3 is 0 Å². The van der Waals surface area contributed by atoms with Crippen LogP contribution in [-0.4, -0.2) is 29.3 Å². The maximum Gasteiger partial charge on any atom is 0.221 e. The molecule has 4 nitrogen and oxygen atoms in total. The molecule has 1 aliphatic heterocycles. The van der Waals surface area contributed by atoms with Crippen LogP contribution in [0.3, 0.4) is 0 Å². The number of rotatable bonds is 8. The van der Waals surface area contributed by atoms with Crippen LogP contribution in [-0.2, 0) is 4.79 Å². The number of quaternary nitrogens is 1. The van der Waals surface area contributed by atoms with E-state index < -0.39 is 0 Å². The summed E-state index contributed by atoms with van der Waals surface area (Å²) in [6, 6.07) is 0. The molecule has 0 bridgehead atoms. The number of hydrogen-bond donors (Lipinski definition) is 2. The summed E-state index contributed by atoms with van der Waals surface area (Å²) < 4.78 is 0.726. The van der Waals surface area contributed by atoms with Gasteiger partial charge in [-0.05, 0) is 25.8 Å². The summed E-state index contributed by atoms with van der Waals surface area (Å²) >= 11 is 0. The first kappa shape index (κ1) is 16.8. The smallest absolute Gasteiger partial charge is 0.221 e. The fourth-order valence-corrected chi connectivity index (χ4v) is 2.83. The van der Waals surface area contributed by atoms with Crippen LogP contribution < -0.4 is 10.6 Å². The Morgan fingerprint density at radius 2 is 2.20 bits per heavy atom. The first-order valence-electron chi connectivity index (χ1n) is 7.81. The fourth-order valence-electron chi connectivity index (χ4n) is 2.83. The van der Waals surface area contributed by atoms with E-state index in [2.05, 4.69) is 49.8 Å². The number of nitrogens with zero attached hydrogens (tertiary/aromatic N) is 1. The highest BCUT2D eigenvalue weighted by Gasteiger charge is 2.40. The van der Waals surface area contributed by atoms with Gasteiger partial charge < -0.3 is 10.6 Å². The van der Waals surface area contributed by atoms with Crippen molar-refractivity contribution in [3.05, 3.63) is 24.6 Å². The van der Waals surface area contributed by atoms with Gasteiger partial charge in [0.15, 0.2) is 12.3 Å². The molecule has 1 rings (SSSR count). The molecule has 0 aromatic heterocycles. The minimum atomic E-state index is 0.0226. The Balaban J connectivity index is 2.67. The second-order valence-corrected chi connectivity index (χ2v) is 5.54. The number of likely N-dealkylation sites (N-methyl/N-ethyl adjacent to an activating group) is 1. The molecule has 0 saturated carbocycles. The lowest BCUT2D eigenvalue weighted by Gasteiger charge is -2.40. The molecule has 0 radical (unpaired) electrons. The predicted octanol–water partition coefficient (Wildman–Crippen LogP) is 2.84. The SMILES string of the molecule is CCCCC/C=C/C1NC=C[N+]1(CC)C(C)NC(C)=O. The number of nitrogens with one attached hydrogen (secondary N) is 2. The number of carbonyl (C=O) groups excluding carboxylic acids is 1. The first-order chi connectivity index (χ1) is 9.56. The summed E-state index contributed by atoms with van der Waals surface area (Å²) in [4.78, 5) is 11.3. The highest BCUT2D eigenvalue weighted by atomic mass is 16.1. The summed E-state index contributed by atoms with van der Waals surface area (Å²) in [6.07, 6.45) is 13.9. The van der Waals surface area contributed by atoms with Gasteiger partial charge in [0.2, 0.25) is 5.91 Å². The summed E-state index contributed by atoms with van der Waals surface area (Å²) in [5.74, 6) is 0.0226. The van der Waals surface area contributed by atoms with Gasteiger partial charge in [-0.25, -0.2) is 0 Å². The van der Waals surface area contributed by atoms with Crippen molar-refractivity contribution in [2.24, 2.45) is 0 Å². The highest BCUT2D eigenvalue weighted by Crippen LogP contribution is 2.23. The van der Waals surface area contributed by atoms with E-state index in [-0.39, 0.29) is 18.2 Å². The van der Waals surface area contributed by atoms with Crippen molar-refractivity contribution in [2.75, 3.05) is 6.54 Å². The van der Waals surface area contributed by atoms with Crippen molar-refractivity contribution in [1.29, 1.82) is 0 Å². The van der Waals surface area contributed by atoms with Crippen molar-refractivity contribution >= 4 is 5.91 Å². The summed E-state index contributed by atoms with van der Waals surface area (Å²) in [5, 5.41) is 6.42. The zero-order valence-corrected chi connectivity index (χ0v) is 13.4. The second kappa shape index (κ2) is 8.10. The van der Waals surface area contributed by atoms with E-state index in [9.17, 15) is 4.79 Å². The van der Waals surface area contributed by atoms with Crippen LogP contribution in [0.25, 0.3) is 0 Å². The molecule has 0 aromatic rings. The lowest BCUT2D eigenvalue weighted by atomic mass is 10.2. The molecule has 0 fully saturated rings. The Hall–Kier alpha value is -1.29. The molecule has 0 spiro atoms. The molecule has 1 heterocycles. The zero-order valence-electron chi connectivity index (χ0n) is 13.4. The molecular weight excluding hydrogens is 250 g/mol. The quantitative estimate of drug-likeness (QED) is 0.408. The van der Waals surface area contributed by atoms with Crippen molar-refractivity contribution in [3.63, 3.8) is 0 Å². The minimum Gasteiger partial charge on any atom is -0.334 e. The molecule has 4 heteroatoms. The van der Waals surface area contributed by atoms with Crippen LogP contribution in [0.2, 0.25) is 0 Å². The number of hydrogen-bond acceptors (Lipinski definition) is 2. The summed E-state index contributed by atoms with van der Waals surface area (Å²) in [7, 11) is 0. The number of unbranched alkanes of at least 4 members (excludes halogenated alkanes) is 3. The number of amides is 1. The van der Waals surface area contributed by atoms with Crippen molar-refractivity contribution in [3.8, 4) is 0 Å². The molecule has 114 valence electrons. The lowest BCUT2D eigenvalue weighted by molar-refractivity contribution is -0.917. The Morgan fingerprint density at radius 3 is 2.80 bits per heavy atom. The number of allylic oxidation sites excluding steroid dienone is 1. The third-order valence-electron chi connectivity index (χ3n) is 4.11. The highest BCUT2D eigenvalue weighted by molar-refractivity contribution is 5.72. The van der Waals surface area contributed by atoms with Crippen LogP contribution in [0.4, 0.5) is 0 Å². The fraction of sp³-hybridized carbons (Fsp3) is 0.688. The van der Waals surface area contributed by atoms with E-state index in [1.54, 1.807) is 6.92 Å². The van der Waals surface area contributed by atoms with Gasteiger partial charge in [-0.15, -0.1) is 0 Å². The Morgan fingerprint density at radius 1 is 1.45 bits per heavy atom. The molecule has 0 aromatic carbocycles. The molecule has 3 atom stereocenters. The maximum absolute atomic E-state index is 11.3. The van der Waals surface area contributed by atoms with Gasteiger partial charge in [0.05, 0.1) is 12.7 Å². The van der Waals surface area contributed by atoms with E-state index >= 15 is 0 Å². The molecule has 1 aliphatic rings. The van der Waals surface area contributed by atoms with Gasteiger partial charge in [-0.1, -0.05) is 25.8 Å². The average Bonchev–Trinajstić information content (AvgIpc) is 2.82. The lowest BCUT2D eigenvalue weighted by Crippen LogP contribution is -2.62. The molecule has 1 amide bonds. The normalized spacial score (nSPS) is 26.7.